The molecule has 0 saturated carbocycles. The summed E-state index contributed by atoms with van der Waals surface area (Å²) in [5.74, 6) is -0.0676. The first-order valence-electron chi connectivity index (χ1n) is 30.1. The number of hydrogen-bond donors (Lipinski definition) is 3. The molecule has 0 aromatic heterocycles. The molecule has 0 aliphatic rings. The van der Waals surface area contributed by atoms with Crippen LogP contribution in [0.25, 0.3) is 0 Å². The molecule has 396 valence electrons. The lowest BCUT2D eigenvalue weighted by molar-refractivity contribution is -0.143. The second kappa shape index (κ2) is 56.9. The minimum atomic E-state index is -0.846. The van der Waals surface area contributed by atoms with Crippen molar-refractivity contribution in [3.63, 3.8) is 0 Å². The van der Waals surface area contributed by atoms with Gasteiger partial charge in [0.2, 0.25) is 5.91 Å². The Bertz CT molecular complexity index is 1040. The molecule has 0 aromatic rings. The van der Waals surface area contributed by atoms with Crippen LogP contribution in [0.2, 0.25) is 0 Å². The number of carbonyl (C=O) groups is 2. The van der Waals surface area contributed by atoms with Gasteiger partial charge in [-0.2, -0.15) is 0 Å². The van der Waals surface area contributed by atoms with Crippen molar-refractivity contribution in [2.75, 3.05) is 13.2 Å². The second-order valence-corrected chi connectivity index (χ2v) is 20.7. The van der Waals surface area contributed by atoms with E-state index >= 15 is 0 Å². The maximum absolute atomic E-state index is 12.5. The fraction of sp³-hybridized carbons (Fsp3) is 0.902. The number of rotatable bonds is 56. The van der Waals surface area contributed by atoms with E-state index in [1.54, 1.807) is 6.08 Å². The van der Waals surface area contributed by atoms with E-state index in [0.717, 1.165) is 44.9 Å². The van der Waals surface area contributed by atoms with Crippen LogP contribution in [-0.2, 0) is 14.3 Å². The lowest BCUT2D eigenvalue weighted by Crippen LogP contribution is -2.45. The van der Waals surface area contributed by atoms with Crippen LogP contribution in [0.4, 0.5) is 0 Å². The smallest absolute Gasteiger partial charge is 0.305 e. The Kier molecular flexibility index (Phi) is 55.5. The number of amides is 1. The molecule has 2 unspecified atom stereocenters. The number of carbonyl (C=O) groups excluding carboxylic acids is 2. The van der Waals surface area contributed by atoms with E-state index in [4.69, 9.17) is 4.74 Å². The Balaban J connectivity index is 3.43. The molecule has 2 atom stereocenters. The Morgan fingerprint density at radius 1 is 0.403 bits per heavy atom. The zero-order valence-electron chi connectivity index (χ0n) is 45.1. The first-order chi connectivity index (χ1) is 33.0. The highest BCUT2D eigenvalue weighted by Gasteiger charge is 2.18. The number of unbranched alkanes of at least 4 members (excludes halogenated alkanes) is 43. The van der Waals surface area contributed by atoms with Gasteiger partial charge in [-0.15, -0.1) is 0 Å². The fourth-order valence-corrected chi connectivity index (χ4v) is 9.34. The van der Waals surface area contributed by atoms with Crippen LogP contribution in [0.1, 0.15) is 328 Å². The molecule has 0 saturated heterocycles. The van der Waals surface area contributed by atoms with Gasteiger partial charge in [0.15, 0.2) is 0 Å². The summed E-state index contributed by atoms with van der Waals surface area (Å²) < 4.78 is 5.46. The lowest BCUT2D eigenvalue weighted by atomic mass is 10.0. The summed E-state index contributed by atoms with van der Waals surface area (Å²) in [6.07, 6.45) is 69.2. The van der Waals surface area contributed by atoms with E-state index in [1.165, 1.54) is 257 Å². The molecule has 0 radical (unpaired) electrons. The monoisotopic (exact) mass is 944 g/mol. The zero-order valence-corrected chi connectivity index (χ0v) is 45.1. The van der Waals surface area contributed by atoms with Crippen LogP contribution in [0, 0.1) is 0 Å². The molecule has 3 N–H and O–H groups in total. The SMILES string of the molecule is CCCCC/C=C\CCCCCCCC(=O)OCCCCCCCCCCCCCCCCCCCCCCC(=O)NC(CO)C(O)/C=C/CCCCCCCCCCCCCCCCCC. The molecule has 0 spiro atoms. The Morgan fingerprint density at radius 3 is 1.09 bits per heavy atom. The van der Waals surface area contributed by atoms with Crippen molar-refractivity contribution in [1.82, 2.24) is 5.32 Å². The largest absolute Gasteiger partial charge is 0.466 e. The van der Waals surface area contributed by atoms with Gasteiger partial charge in [0.25, 0.3) is 0 Å². The average molecular weight is 945 g/mol. The predicted molar refractivity (Wildman–Crippen MR) is 292 cm³/mol. The quantitative estimate of drug-likeness (QED) is 0.0321. The second-order valence-electron chi connectivity index (χ2n) is 20.7. The average Bonchev–Trinajstić information content (AvgIpc) is 3.33. The molecular formula is C61H117NO5. The number of aliphatic hydroxyl groups excluding tert-OH is 2. The highest BCUT2D eigenvalue weighted by Crippen LogP contribution is 2.17. The van der Waals surface area contributed by atoms with Gasteiger partial charge in [0.1, 0.15) is 0 Å². The number of allylic oxidation sites excluding steroid dienone is 3. The van der Waals surface area contributed by atoms with Crippen molar-refractivity contribution in [3.8, 4) is 0 Å². The normalized spacial score (nSPS) is 12.7. The maximum atomic E-state index is 12.5. The molecule has 0 heterocycles. The number of nitrogens with one attached hydrogen (secondary N) is 1. The number of hydrogen-bond acceptors (Lipinski definition) is 5. The van der Waals surface area contributed by atoms with E-state index in [9.17, 15) is 19.8 Å². The van der Waals surface area contributed by atoms with Crippen molar-refractivity contribution >= 4 is 11.9 Å². The molecule has 0 fully saturated rings. The van der Waals surface area contributed by atoms with Crippen molar-refractivity contribution in [2.24, 2.45) is 0 Å². The number of ether oxygens (including phenoxy) is 1. The van der Waals surface area contributed by atoms with Crippen LogP contribution < -0.4 is 5.32 Å². The van der Waals surface area contributed by atoms with Crippen molar-refractivity contribution in [3.05, 3.63) is 24.3 Å². The van der Waals surface area contributed by atoms with Gasteiger partial charge in [-0.25, -0.2) is 0 Å². The van der Waals surface area contributed by atoms with Gasteiger partial charge in [-0.05, 0) is 57.8 Å². The summed E-state index contributed by atoms with van der Waals surface area (Å²) in [6.45, 7) is 4.89. The van der Waals surface area contributed by atoms with E-state index in [-0.39, 0.29) is 18.5 Å². The minimum Gasteiger partial charge on any atom is -0.466 e. The molecule has 67 heavy (non-hydrogen) atoms. The van der Waals surface area contributed by atoms with Gasteiger partial charge in [0, 0.05) is 12.8 Å². The first-order valence-corrected chi connectivity index (χ1v) is 30.1. The zero-order chi connectivity index (χ0) is 48.6. The molecule has 0 aromatic carbocycles. The molecule has 0 aliphatic carbocycles. The van der Waals surface area contributed by atoms with E-state index in [0.29, 0.717) is 19.4 Å². The summed E-state index contributed by atoms with van der Waals surface area (Å²) in [5, 5.41) is 23.2. The van der Waals surface area contributed by atoms with Crippen LogP contribution in [0.15, 0.2) is 24.3 Å². The third kappa shape index (κ3) is 53.5. The van der Waals surface area contributed by atoms with E-state index in [1.807, 2.05) is 6.08 Å². The molecule has 1 amide bonds. The van der Waals surface area contributed by atoms with Crippen molar-refractivity contribution in [2.45, 2.75) is 341 Å². The van der Waals surface area contributed by atoms with Gasteiger partial charge >= 0.3 is 5.97 Å². The molecule has 0 aliphatic heterocycles. The molecule has 6 heteroatoms. The molecular weight excluding hydrogens is 827 g/mol. The summed E-state index contributed by atoms with van der Waals surface area (Å²) in [6, 6.07) is -0.629. The highest BCUT2D eigenvalue weighted by atomic mass is 16.5. The van der Waals surface area contributed by atoms with Gasteiger partial charge in [0.05, 0.1) is 25.4 Å². The van der Waals surface area contributed by atoms with Gasteiger partial charge < -0.3 is 20.3 Å². The summed E-state index contributed by atoms with van der Waals surface area (Å²) in [4.78, 5) is 24.5. The summed E-state index contributed by atoms with van der Waals surface area (Å²) >= 11 is 0. The predicted octanol–water partition coefficient (Wildman–Crippen LogP) is 18.6. The summed E-state index contributed by atoms with van der Waals surface area (Å²) in [7, 11) is 0. The van der Waals surface area contributed by atoms with Gasteiger partial charge in [-0.3, -0.25) is 9.59 Å². The van der Waals surface area contributed by atoms with Crippen molar-refractivity contribution < 1.29 is 24.5 Å². The third-order valence-electron chi connectivity index (χ3n) is 14.0. The minimum absolute atomic E-state index is 0.0000770. The van der Waals surface area contributed by atoms with Gasteiger partial charge in [-0.1, -0.05) is 282 Å². The standard InChI is InChI=1S/C61H117NO5/c1-3-5-7-9-11-13-15-17-18-19-24-27-30-33-37-41-45-49-53-59(64)58(57-63)62-60(65)54-50-46-42-38-34-31-28-25-22-20-21-23-26-29-32-36-40-44-48-52-56-67-61(66)55-51-47-43-39-35-16-14-12-10-8-6-4-2/h12,14,49,53,58-59,63-64H,3-11,13,15-48,50-52,54-57H2,1-2H3,(H,62,65)/b14-12-,53-49+. The van der Waals surface area contributed by atoms with E-state index < -0.39 is 12.1 Å². The Labute approximate surface area is 418 Å². The van der Waals surface area contributed by atoms with Crippen LogP contribution in [0.3, 0.4) is 0 Å². The third-order valence-corrected chi connectivity index (χ3v) is 14.0. The maximum Gasteiger partial charge on any atom is 0.305 e. The number of esters is 1. The topological polar surface area (TPSA) is 95.9 Å². The summed E-state index contributed by atoms with van der Waals surface area (Å²) in [5.41, 5.74) is 0. The molecule has 0 bridgehead atoms. The number of aliphatic hydroxyl groups is 2. The highest BCUT2D eigenvalue weighted by molar-refractivity contribution is 5.76. The lowest BCUT2D eigenvalue weighted by Gasteiger charge is -2.20. The first kappa shape index (κ1) is 65.3. The van der Waals surface area contributed by atoms with E-state index in [2.05, 4.69) is 31.3 Å². The van der Waals surface area contributed by atoms with Crippen molar-refractivity contribution in [1.29, 1.82) is 0 Å². The molecule has 0 rings (SSSR count). The fourth-order valence-electron chi connectivity index (χ4n) is 9.34. The van der Waals surface area contributed by atoms with Crippen LogP contribution in [0.5, 0.6) is 0 Å². The Hall–Kier alpha value is -1.66. The van der Waals surface area contributed by atoms with Crippen LogP contribution in [-0.4, -0.2) is 47.4 Å². The Morgan fingerprint density at radius 2 is 0.701 bits per heavy atom. The van der Waals surface area contributed by atoms with Crippen LogP contribution >= 0.6 is 0 Å². The molecule has 6 nitrogen and oxygen atoms in total.